The number of carbonyl (C=O) groups excluding carboxylic acids is 1. The van der Waals surface area contributed by atoms with Crippen LogP contribution in [0, 0.1) is 11.6 Å². The Balaban J connectivity index is 1.32. The van der Waals surface area contributed by atoms with Gasteiger partial charge in [-0.2, -0.15) is 0 Å². The van der Waals surface area contributed by atoms with E-state index >= 15 is 0 Å². The summed E-state index contributed by atoms with van der Waals surface area (Å²) in [5.74, 6) is -1.89. The van der Waals surface area contributed by atoms with Crippen LogP contribution >= 0.6 is 0 Å². The molecule has 0 radical (unpaired) electrons. The van der Waals surface area contributed by atoms with Crippen molar-refractivity contribution in [3.05, 3.63) is 113 Å². The van der Waals surface area contributed by atoms with Gasteiger partial charge in [-0.1, -0.05) is 0 Å². The number of hydrogen-bond donors (Lipinski definition) is 2. The Hall–Kier alpha value is -5.45. The number of carbonyl (C=O) groups is 1. The first-order valence-corrected chi connectivity index (χ1v) is 11.3. The monoisotopic (exact) mass is 510 g/mol. The molecule has 0 saturated carbocycles. The molecule has 0 aliphatic heterocycles. The summed E-state index contributed by atoms with van der Waals surface area (Å²) in [5, 5.41) is 3.32. The van der Waals surface area contributed by atoms with E-state index in [1.165, 1.54) is 59.7 Å². The number of H-pyrrole nitrogens is 1. The van der Waals surface area contributed by atoms with Gasteiger partial charge < -0.3 is 19.6 Å². The lowest BCUT2D eigenvalue weighted by Gasteiger charge is -2.13. The largest absolute Gasteiger partial charge is 0.435 e. The zero-order valence-electron chi connectivity index (χ0n) is 19.4. The number of benzene rings is 2. The maximum absolute atomic E-state index is 14.9. The van der Waals surface area contributed by atoms with E-state index in [2.05, 4.69) is 25.3 Å². The topological polar surface area (TPSA) is 115 Å². The van der Waals surface area contributed by atoms with Gasteiger partial charge in [0.15, 0.2) is 11.6 Å². The Morgan fingerprint density at radius 2 is 1.82 bits per heavy atom. The van der Waals surface area contributed by atoms with E-state index in [1.54, 1.807) is 24.4 Å². The van der Waals surface area contributed by atoms with E-state index in [1.807, 2.05) is 0 Å². The maximum atomic E-state index is 14.9. The summed E-state index contributed by atoms with van der Waals surface area (Å²) in [6.45, 7) is 0. The average Bonchev–Trinajstić information content (AvgIpc) is 3.41. The molecule has 0 saturated heterocycles. The fourth-order valence-corrected chi connectivity index (χ4v) is 4.01. The molecule has 0 aliphatic carbocycles. The number of hydrogen-bond acceptors (Lipinski definition) is 6. The van der Waals surface area contributed by atoms with Crippen LogP contribution in [-0.4, -0.2) is 30.4 Å². The minimum atomic E-state index is -0.755. The lowest BCUT2D eigenvalue weighted by Crippen LogP contribution is -2.24. The second-order valence-electron chi connectivity index (χ2n) is 8.21. The van der Waals surface area contributed by atoms with Crippen molar-refractivity contribution in [3.63, 3.8) is 0 Å². The summed E-state index contributed by atoms with van der Waals surface area (Å²) in [6, 6.07) is 14.2. The highest BCUT2D eigenvalue weighted by molar-refractivity contribution is 6.05. The van der Waals surface area contributed by atoms with Crippen LogP contribution < -0.4 is 15.5 Å². The van der Waals surface area contributed by atoms with E-state index in [0.717, 1.165) is 6.07 Å². The summed E-state index contributed by atoms with van der Waals surface area (Å²) in [4.78, 5) is 41.6. The van der Waals surface area contributed by atoms with Gasteiger partial charge >= 0.3 is 0 Å². The Morgan fingerprint density at radius 1 is 0.974 bits per heavy atom. The molecule has 0 fully saturated rings. The molecule has 4 heterocycles. The molecular formula is C27H16F2N6O3. The smallest absolute Gasteiger partial charge is 0.261 e. The Kier molecular flexibility index (Phi) is 5.57. The fourth-order valence-electron chi connectivity index (χ4n) is 4.01. The highest BCUT2D eigenvalue weighted by atomic mass is 19.1. The minimum Gasteiger partial charge on any atom is -0.435 e. The van der Waals surface area contributed by atoms with E-state index < -0.39 is 23.0 Å². The Labute approximate surface area is 212 Å². The van der Waals surface area contributed by atoms with E-state index in [9.17, 15) is 18.4 Å². The number of ether oxygens (including phenoxy) is 1. The quantitative estimate of drug-likeness (QED) is 0.338. The molecule has 2 aromatic carbocycles. The van der Waals surface area contributed by atoms with Crippen LogP contribution in [0.3, 0.4) is 0 Å². The third kappa shape index (κ3) is 4.11. The molecule has 6 rings (SSSR count). The van der Waals surface area contributed by atoms with Crippen molar-refractivity contribution in [3.8, 4) is 17.3 Å². The fraction of sp³-hybridized carbons (Fsp3) is 0. The normalized spacial score (nSPS) is 11.1. The van der Waals surface area contributed by atoms with Crippen LogP contribution in [-0.2, 0) is 0 Å². The standard InChI is InChI=1S/C27H16F2N6O3/c28-15-3-6-17(7-4-15)35-13-20(23(36)18-2-1-10-31-25(18)35)26(37)34-16-5-8-22(21(29)12-16)38-27-19-9-11-30-24(19)32-14-33-27/h1-14H,(H,34,37)(H,30,32,33). The van der Waals surface area contributed by atoms with E-state index in [0.29, 0.717) is 22.4 Å². The number of aromatic amines is 1. The average molecular weight is 510 g/mol. The van der Waals surface area contributed by atoms with Crippen molar-refractivity contribution in [2.75, 3.05) is 5.32 Å². The van der Waals surface area contributed by atoms with Crippen molar-refractivity contribution in [1.82, 2.24) is 24.5 Å². The molecule has 6 aromatic rings. The first-order chi connectivity index (χ1) is 18.5. The third-order valence-electron chi connectivity index (χ3n) is 5.83. The first kappa shape index (κ1) is 23.0. The van der Waals surface area contributed by atoms with Crippen molar-refractivity contribution in [2.24, 2.45) is 0 Å². The number of fused-ring (bicyclic) bond motifs is 2. The van der Waals surface area contributed by atoms with E-state index in [4.69, 9.17) is 4.74 Å². The van der Waals surface area contributed by atoms with E-state index in [-0.39, 0.29) is 28.3 Å². The Bertz CT molecular complexity index is 1900. The van der Waals surface area contributed by atoms with Gasteiger partial charge in [0, 0.05) is 36.0 Å². The van der Waals surface area contributed by atoms with Crippen LogP contribution in [0.5, 0.6) is 11.6 Å². The number of rotatable bonds is 5. The zero-order valence-corrected chi connectivity index (χ0v) is 19.4. The second-order valence-corrected chi connectivity index (χ2v) is 8.21. The van der Waals surface area contributed by atoms with Gasteiger partial charge in [-0.05, 0) is 54.6 Å². The van der Waals surface area contributed by atoms with Crippen LogP contribution in [0.1, 0.15) is 10.4 Å². The van der Waals surface area contributed by atoms with Crippen LogP contribution in [0.2, 0.25) is 0 Å². The lowest BCUT2D eigenvalue weighted by molar-refractivity contribution is 0.102. The molecule has 0 unspecified atom stereocenters. The zero-order chi connectivity index (χ0) is 26.2. The highest BCUT2D eigenvalue weighted by Crippen LogP contribution is 2.29. The van der Waals surface area contributed by atoms with Crippen LogP contribution in [0.25, 0.3) is 27.8 Å². The molecule has 0 atom stereocenters. The van der Waals surface area contributed by atoms with Crippen LogP contribution in [0.15, 0.2) is 90.4 Å². The van der Waals surface area contributed by atoms with Gasteiger partial charge in [-0.3, -0.25) is 9.59 Å². The number of anilines is 1. The molecule has 186 valence electrons. The molecule has 9 nitrogen and oxygen atoms in total. The van der Waals surface area contributed by atoms with Gasteiger partial charge in [-0.15, -0.1) is 0 Å². The molecule has 1 amide bonds. The molecule has 0 spiro atoms. The molecule has 38 heavy (non-hydrogen) atoms. The van der Waals surface area contributed by atoms with Crippen molar-refractivity contribution in [1.29, 1.82) is 0 Å². The first-order valence-electron chi connectivity index (χ1n) is 11.3. The Morgan fingerprint density at radius 3 is 2.63 bits per heavy atom. The molecule has 2 N–H and O–H groups in total. The predicted octanol–water partition coefficient (Wildman–Crippen LogP) is 4.98. The molecule has 11 heteroatoms. The number of pyridine rings is 2. The van der Waals surface area contributed by atoms with Crippen molar-refractivity contribution in [2.45, 2.75) is 0 Å². The van der Waals surface area contributed by atoms with Crippen molar-refractivity contribution < 1.29 is 18.3 Å². The van der Waals surface area contributed by atoms with Crippen LogP contribution in [0.4, 0.5) is 14.5 Å². The number of amides is 1. The lowest BCUT2D eigenvalue weighted by atomic mass is 10.1. The minimum absolute atomic E-state index is 0.105. The summed E-state index contributed by atoms with van der Waals surface area (Å²) in [5.41, 5.74) is 0.687. The number of aromatic nitrogens is 5. The van der Waals surface area contributed by atoms with Gasteiger partial charge in [0.25, 0.3) is 5.91 Å². The number of halogens is 2. The van der Waals surface area contributed by atoms with Gasteiger partial charge in [0.05, 0.1) is 10.8 Å². The molecule has 0 bridgehead atoms. The predicted molar refractivity (Wildman–Crippen MR) is 136 cm³/mol. The number of nitrogens with zero attached hydrogens (tertiary/aromatic N) is 4. The summed E-state index contributed by atoms with van der Waals surface area (Å²) >= 11 is 0. The van der Waals surface area contributed by atoms with Gasteiger partial charge in [0.2, 0.25) is 11.3 Å². The number of nitrogens with one attached hydrogen (secondary N) is 2. The summed E-state index contributed by atoms with van der Waals surface area (Å²) in [7, 11) is 0. The third-order valence-corrected chi connectivity index (χ3v) is 5.83. The highest BCUT2D eigenvalue weighted by Gasteiger charge is 2.18. The van der Waals surface area contributed by atoms with Crippen molar-refractivity contribution >= 4 is 33.7 Å². The summed E-state index contributed by atoms with van der Waals surface area (Å²) in [6.07, 6.45) is 5.79. The second kappa shape index (κ2) is 9.21. The maximum Gasteiger partial charge on any atom is 0.261 e. The molecule has 4 aromatic heterocycles. The summed E-state index contributed by atoms with van der Waals surface area (Å²) < 4.78 is 35.5. The molecular weight excluding hydrogens is 494 g/mol. The van der Waals surface area contributed by atoms with Gasteiger partial charge in [-0.25, -0.2) is 23.7 Å². The van der Waals surface area contributed by atoms with Gasteiger partial charge in [0.1, 0.15) is 29.0 Å². The SMILES string of the molecule is O=C(Nc1ccc(Oc2ncnc3[nH]ccc23)c(F)c1)c1cn(-c2ccc(F)cc2)c2ncccc2c1=O. The molecule has 0 aliphatic rings.